The van der Waals surface area contributed by atoms with Gasteiger partial charge in [-0.25, -0.2) is 0 Å². The molecule has 4 heteroatoms. The summed E-state index contributed by atoms with van der Waals surface area (Å²) >= 11 is 0. The van der Waals surface area contributed by atoms with E-state index in [-0.39, 0.29) is 24.6 Å². The van der Waals surface area contributed by atoms with Crippen LogP contribution in [-0.2, 0) is 6.54 Å². The number of hydrogen-bond donors (Lipinski definition) is 1. The maximum Gasteiger partial charge on any atom is 0.162 e. The molecule has 1 rings (SSSR count). The van der Waals surface area contributed by atoms with Gasteiger partial charge in [0.2, 0.25) is 0 Å². The monoisotopic (exact) mass is 297 g/mol. The normalized spacial score (nSPS) is 10.3. The van der Waals surface area contributed by atoms with Crippen LogP contribution in [0.15, 0.2) is 18.2 Å². The van der Waals surface area contributed by atoms with Crippen molar-refractivity contribution < 1.29 is 9.47 Å². The molecule has 0 aliphatic carbocycles. The summed E-state index contributed by atoms with van der Waals surface area (Å²) in [7, 11) is 0. The lowest BCUT2D eigenvalue weighted by Crippen LogP contribution is -2.35. The highest BCUT2D eigenvalue weighted by molar-refractivity contribution is 5.85. The Morgan fingerprint density at radius 1 is 1.20 bits per heavy atom. The van der Waals surface area contributed by atoms with Crippen molar-refractivity contribution >= 4 is 12.4 Å². The third-order valence-electron chi connectivity index (χ3n) is 2.44. The molecule has 3 nitrogen and oxygen atoms in total. The highest BCUT2D eigenvalue weighted by atomic mass is 35.5. The summed E-state index contributed by atoms with van der Waals surface area (Å²) in [5.41, 5.74) is 1.25. The van der Waals surface area contributed by atoms with Crippen molar-refractivity contribution in [3.63, 3.8) is 0 Å². The van der Waals surface area contributed by atoms with Crippen molar-refractivity contribution in [3.8, 4) is 23.8 Å². The van der Waals surface area contributed by atoms with Crippen LogP contribution < -0.4 is 14.8 Å². The van der Waals surface area contributed by atoms with Crippen LogP contribution in [-0.4, -0.2) is 18.8 Å². The summed E-state index contributed by atoms with van der Waals surface area (Å²) in [5, 5.41) is 3.44. The number of terminal acetylenes is 1. The minimum atomic E-state index is 0. The van der Waals surface area contributed by atoms with Crippen molar-refractivity contribution in [3.05, 3.63) is 23.8 Å². The smallest absolute Gasteiger partial charge is 0.162 e. The number of ether oxygens (including phenoxy) is 2. The molecule has 0 radical (unpaired) electrons. The van der Waals surface area contributed by atoms with Crippen LogP contribution in [0.5, 0.6) is 11.5 Å². The van der Waals surface area contributed by atoms with Crippen LogP contribution in [0.25, 0.3) is 0 Å². The molecule has 1 aromatic rings. The molecule has 0 aromatic heterocycles. The molecule has 0 amide bonds. The van der Waals surface area contributed by atoms with Gasteiger partial charge in [0, 0.05) is 12.1 Å². The molecule has 20 heavy (non-hydrogen) atoms. The molecule has 0 bridgehead atoms. The Hall–Kier alpha value is -1.37. The Morgan fingerprint density at radius 2 is 1.90 bits per heavy atom. The maximum atomic E-state index is 5.59. The minimum Gasteiger partial charge on any atom is -0.490 e. The second-order valence-corrected chi connectivity index (χ2v) is 5.31. The first-order valence-corrected chi connectivity index (χ1v) is 6.53. The summed E-state index contributed by atoms with van der Waals surface area (Å²) < 4.78 is 11.0. The van der Waals surface area contributed by atoms with Crippen LogP contribution in [0.2, 0.25) is 0 Å². The molecular weight excluding hydrogens is 274 g/mol. The molecule has 112 valence electrons. The summed E-state index contributed by atoms with van der Waals surface area (Å²) in [6, 6.07) is 5.92. The highest BCUT2D eigenvalue weighted by Crippen LogP contribution is 2.28. The van der Waals surface area contributed by atoms with Gasteiger partial charge < -0.3 is 14.8 Å². The molecular formula is C16H24ClNO2. The van der Waals surface area contributed by atoms with E-state index in [0.717, 1.165) is 17.9 Å². The zero-order valence-electron chi connectivity index (χ0n) is 12.7. The molecule has 0 spiro atoms. The fraction of sp³-hybridized carbons (Fsp3) is 0.500. The first-order valence-electron chi connectivity index (χ1n) is 6.53. The molecule has 0 saturated carbocycles. The lowest BCUT2D eigenvalue weighted by atomic mass is 10.1. The Kier molecular flexibility index (Phi) is 8.13. The first-order chi connectivity index (χ1) is 8.96. The van der Waals surface area contributed by atoms with E-state index in [9.17, 15) is 0 Å². The molecule has 1 aromatic carbocycles. The number of nitrogens with one attached hydrogen (secondary N) is 1. The Labute approximate surface area is 128 Å². The molecule has 1 N–H and O–H groups in total. The fourth-order valence-corrected chi connectivity index (χ4v) is 1.54. The van der Waals surface area contributed by atoms with Gasteiger partial charge in [0.25, 0.3) is 0 Å². The standard InChI is InChI=1S/C16H23NO2.ClH/c1-6-10-19-14-9-8-13(11-15(14)18-7-2)12-17-16(3,4)5;/h1,8-9,11,17H,7,10,12H2,2-5H3;1H. The zero-order valence-corrected chi connectivity index (χ0v) is 13.5. The topological polar surface area (TPSA) is 30.5 Å². The van der Waals surface area contributed by atoms with Crippen molar-refractivity contribution in [1.29, 1.82) is 0 Å². The number of rotatable bonds is 6. The number of halogens is 1. The van der Waals surface area contributed by atoms with E-state index in [1.165, 1.54) is 0 Å². The highest BCUT2D eigenvalue weighted by Gasteiger charge is 2.10. The average molecular weight is 298 g/mol. The van der Waals surface area contributed by atoms with Gasteiger partial charge in [-0.3, -0.25) is 0 Å². The molecule has 0 heterocycles. The van der Waals surface area contributed by atoms with Crippen LogP contribution in [0.3, 0.4) is 0 Å². The van der Waals surface area contributed by atoms with E-state index >= 15 is 0 Å². The lowest BCUT2D eigenvalue weighted by molar-refractivity contribution is 0.298. The Balaban J connectivity index is 0.00000361. The summed E-state index contributed by atoms with van der Waals surface area (Å²) in [5.74, 6) is 3.89. The van der Waals surface area contributed by atoms with Crippen LogP contribution in [0.4, 0.5) is 0 Å². The van der Waals surface area contributed by atoms with Crippen molar-refractivity contribution in [2.75, 3.05) is 13.2 Å². The summed E-state index contributed by atoms with van der Waals surface area (Å²) in [6.45, 7) is 10.0. The van der Waals surface area contributed by atoms with Gasteiger partial charge in [-0.1, -0.05) is 12.0 Å². The predicted octanol–water partition coefficient (Wildman–Crippen LogP) is 3.41. The van der Waals surface area contributed by atoms with Gasteiger partial charge in [-0.05, 0) is 45.4 Å². The Morgan fingerprint density at radius 3 is 2.45 bits per heavy atom. The molecule has 0 atom stereocenters. The van der Waals surface area contributed by atoms with Gasteiger partial charge in [-0.15, -0.1) is 18.8 Å². The second-order valence-electron chi connectivity index (χ2n) is 5.31. The van der Waals surface area contributed by atoms with Gasteiger partial charge in [0.15, 0.2) is 11.5 Å². The molecule has 0 saturated heterocycles. The molecule has 0 aliphatic heterocycles. The van der Waals surface area contributed by atoms with E-state index in [1.807, 2.05) is 25.1 Å². The maximum absolute atomic E-state index is 5.59. The number of hydrogen-bond acceptors (Lipinski definition) is 3. The average Bonchev–Trinajstić information content (AvgIpc) is 2.35. The number of benzene rings is 1. The summed E-state index contributed by atoms with van der Waals surface area (Å²) in [4.78, 5) is 0. The van der Waals surface area contributed by atoms with E-state index in [1.54, 1.807) is 0 Å². The third kappa shape index (κ3) is 6.70. The SMILES string of the molecule is C#CCOc1ccc(CNC(C)(C)C)cc1OCC.Cl. The first kappa shape index (κ1) is 18.6. The third-order valence-corrected chi connectivity index (χ3v) is 2.44. The van der Waals surface area contributed by atoms with Crippen molar-refractivity contribution in [2.24, 2.45) is 0 Å². The minimum absolute atomic E-state index is 0. The van der Waals surface area contributed by atoms with Crippen molar-refractivity contribution in [1.82, 2.24) is 5.32 Å². The van der Waals surface area contributed by atoms with Gasteiger partial charge in [0.1, 0.15) is 6.61 Å². The van der Waals surface area contributed by atoms with E-state index < -0.39 is 0 Å². The molecule has 0 unspecified atom stereocenters. The van der Waals surface area contributed by atoms with Gasteiger partial charge in [0.05, 0.1) is 6.61 Å². The van der Waals surface area contributed by atoms with Gasteiger partial charge in [-0.2, -0.15) is 0 Å². The molecule has 0 aliphatic rings. The quantitative estimate of drug-likeness (QED) is 0.816. The van der Waals surface area contributed by atoms with Gasteiger partial charge >= 0.3 is 0 Å². The lowest BCUT2D eigenvalue weighted by Gasteiger charge is -2.21. The van der Waals surface area contributed by atoms with Crippen LogP contribution in [0, 0.1) is 12.3 Å². The van der Waals surface area contributed by atoms with E-state index in [0.29, 0.717) is 12.4 Å². The molecule has 0 fully saturated rings. The predicted molar refractivity (Wildman–Crippen MR) is 85.8 cm³/mol. The van der Waals surface area contributed by atoms with E-state index in [4.69, 9.17) is 15.9 Å². The van der Waals surface area contributed by atoms with Crippen LogP contribution >= 0.6 is 12.4 Å². The van der Waals surface area contributed by atoms with Crippen molar-refractivity contribution in [2.45, 2.75) is 39.8 Å². The van der Waals surface area contributed by atoms with Crippen LogP contribution in [0.1, 0.15) is 33.3 Å². The van der Waals surface area contributed by atoms with E-state index in [2.05, 4.69) is 32.0 Å². The summed E-state index contributed by atoms with van der Waals surface area (Å²) in [6.07, 6.45) is 5.20. The fourth-order valence-electron chi connectivity index (χ4n) is 1.54. The Bertz CT molecular complexity index is 447. The second kappa shape index (κ2) is 8.73. The zero-order chi connectivity index (χ0) is 14.3. The largest absolute Gasteiger partial charge is 0.490 e.